The van der Waals surface area contributed by atoms with Crippen molar-refractivity contribution in [1.29, 1.82) is 0 Å². The lowest BCUT2D eigenvalue weighted by atomic mass is 9.87. The normalized spacial score (nSPS) is 32.7. The maximum Gasteiger partial charge on any atom is 0.0627 e. The van der Waals surface area contributed by atoms with Crippen molar-refractivity contribution < 1.29 is 5.11 Å². The van der Waals surface area contributed by atoms with Gasteiger partial charge in [0.1, 0.15) is 0 Å². The zero-order valence-electron chi connectivity index (χ0n) is 12.2. The van der Waals surface area contributed by atoms with E-state index in [1.165, 1.54) is 51.5 Å². The fourth-order valence-corrected chi connectivity index (χ4v) is 3.72. The Kier molecular flexibility index (Phi) is 5.05. The van der Waals surface area contributed by atoms with Crippen LogP contribution in [0.3, 0.4) is 0 Å². The van der Waals surface area contributed by atoms with E-state index >= 15 is 0 Å². The zero-order valence-corrected chi connectivity index (χ0v) is 12.2. The second kappa shape index (κ2) is 6.36. The molecule has 0 bridgehead atoms. The van der Waals surface area contributed by atoms with Gasteiger partial charge in [0.25, 0.3) is 0 Å². The summed E-state index contributed by atoms with van der Waals surface area (Å²) in [6.07, 6.45) is 10.7. The third kappa shape index (κ3) is 3.06. The molecule has 1 atom stereocenters. The molecule has 0 aromatic rings. The molecule has 3 heteroatoms. The number of hydrogen-bond donors (Lipinski definition) is 1. The number of rotatable bonds is 3. The molecule has 0 aromatic heterocycles. The van der Waals surface area contributed by atoms with E-state index in [0.29, 0.717) is 6.61 Å². The topological polar surface area (TPSA) is 26.7 Å². The van der Waals surface area contributed by atoms with Gasteiger partial charge in [-0.15, -0.1) is 0 Å². The maximum absolute atomic E-state index is 9.82. The molecule has 1 aliphatic carbocycles. The summed E-state index contributed by atoms with van der Waals surface area (Å²) in [7, 11) is 4.24. The van der Waals surface area contributed by atoms with Crippen LogP contribution < -0.4 is 0 Å². The summed E-state index contributed by atoms with van der Waals surface area (Å²) in [6, 6.07) is 0.777. The van der Waals surface area contributed by atoms with Crippen molar-refractivity contribution >= 4 is 0 Å². The molecule has 1 aliphatic heterocycles. The van der Waals surface area contributed by atoms with Crippen molar-refractivity contribution in [2.45, 2.75) is 62.9 Å². The number of likely N-dealkylation sites (tertiary alicyclic amines) is 1. The second-order valence-corrected chi connectivity index (χ2v) is 6.50. The Morgan fingerprint density at radius 3 is 2.33 bits per heavy atom. The van der Waals surface area contributed by atoms with Crippen molar-refractivity contribution in [2.75, 3.05) is 33.8 Å². The van der Waals surface area contributed by atoms with Gasteiger partial charge in [-0.3, -0.25) is 4.90 Å². The standard InChI is InChI=1S/C15H30N2O/c1-16(2)15(13-18)10-7-11-17(12-15)14-8-5-3-4-6-9-14/h14,18H,3-13H2,1-2H3. The zero-order chi connectivity index (χ0) is 13.0. The van der Waals surface area contributed by atoms with Crippen molar-refractivity contribution in [3.05, 3.63) is 0 Å². The van der Waals surface area contributed by atoms with E-state index in [1.54, 1.807) is 0 Å². The van der Waals surface area contributed by atoms with Crippen LogP contribution in [-0.4, -0.2) is 60.3 Å². The first-order chi connectivity index (χ1) is 8.68. The van der Waals surface area contributed by atoms with Gasteiger partial charge in [-0.25, -0.2) is 0 Å². The van der Waals surface area contributed by atoms with Crippen LogP contribution in [0.1, 0.15) is 51.4 Å². The molecule has 0 aromatic carbocycles. The van der Waals surface area contributed by atoms with Crippen LogP contribution in [0.25, 0.3) is 0 Å². The highest BCUT2D eigenvalue weighted by atomic mass is 16.3. The smallest absolute Gasteiger partial charge is 0.0627 e. The van der Waals surface area contributed by atoms with Gasteiger partial charge in [0.2, 0.25) is 0 Å². The minimum Gasteiger partial charge on any atom is -0.394 e. The largest absolute Gasteiger partial charge is 0.394 e. The number of likely N-dealkylation sites (N-methyl/N-ethyl adjacent to an activating group) is 1. The Labute approximate surface area is 112 Å². The summed E-state index contributed by atoms with van der Waals surface area (Å²) in [5.41, 5.74) is 0.00452. The predicted molar refractivity (Wildman–Crippen MR) is 75.8 cm³/mol. The van der Waals surface area contributed by atoms with E-state index < -0.39 is 0 Å². The first-order valence-electron chi connectivity index (χ1n) is 7.70. The number of piperidine rings is 1. The Hall–Kier alpha value is -0.120. The van der Waals surface area contributed by atoms with Gasteiger partial charge >= 0.3 is 0 Å². The quantitative estimate of drug-likeness (QED) is 0.781. The van der Waals surface area contributed by atoms with E-state index in [4.69, 9.17) is 0 Å². The summed E-state index contributed by atoms with van der Waals surface area (Å²) < 4.78 is 0. The summed E-state index contributed by atoms with van der Waals surface area (Å²) in [5, 5.41) is 9.82. The van der Waals surface area contributed by atoms with Crippen LogP contribution in [0.4, 0.5) is 0 Å². The molecule has 1 saturated carbocycles. The van der Waals surface area contributed by atoms with Crippen LogP contribution in [0.2, 0.25) is 0 Å². The molecular weight excluding hydrogens is 224 g/mol. The van der Waals surface area contributed by atoms with E-state index in [0.717, 1.165) is 19.0 Å². The van der Waals surface area contributed by atoms with Crippen molar-refractivity contribution in [3.63, 3.8) is 0 Å². The van der Waals surface area contributed by atoms with E-state index in [2.05, 4.69) is 23.9 Å². The van der Waals surface area contributed by atoms with Crippen molar-refractivity contribution in [3.8, 4) is 0 Å². The highest BCUT2D eigenvalue weighted by molar-refractivity contribution is 4.96. The second-order valence-electron chi connectivity index (χ2n) is 6.50. The molecule has 0 amide bonds. The maximum atomic E-state index is 9.82. The molecule has 2 aliphatic rings. The molecule has 1 N–H and O–H groups in total. The number of aliphatic hydroxyl groups is 1. The summed E-state index contributed by atoms with van der Waals surface area (Å²) in [5.74, 6) is 0. The Morgan fingerprint density at radius 1 is 1.11 bits per heavy atom. The third-order valence-electron chi connectivity index (χ3n) is 5.17. The molecule has 2 rings (SSSR count). The molecular formula is C15H30N2O. The third-order valence-corrected chi connectivity index (χ3v) is 5.17. The summed E-state index contributed by atoms with van der Waals surface area (Å²) in [6.45, 7) is 2.59. The minimum atomic E-state index is 0.00452. The van der Waals surface area contributed by atoms with Gasteiger partial charge in [-0.1, -0.05) is 25.7 Å². The van der Waals surface area contributed by atoms with Gasteiger partial charge < -0.3 is 10.0 Å². The van der Waals surface area contributed by atoms with Gasteiger partial charge in [-0.2, -0.15) is 0 Å². The molecule has 3 nitrogen and oxygen atoms in total. The average molecular weight is 254 g/mol. The summed E-state index contributed by atoms with van der Waals surface area (Å²) >= 11 is 0. The summed E-state index contributed by atoms with van der Waals surface area (Å²) in [4.78, 5) is 4.92. The van der Waals surface area contributed by atoms with Gasteiger partial charge in [0.15, 0.2) is 0 Å². The number of aliphatic hydroxyl groups excluding tert-OH is 1. The fraction of sp³-hybridized carbons (Fsp3) is 1.00. The first-order valence-corrected chi connectivity index (χ1v) is 7.70. The molecule has 18 heavy (non-hydrogen) atoms. The van der Waals surface area contributed by atoms with Gasteiger partial charge in [0.05, 0.1) is 12.1 Å². The molecule has 0 spiro atoms. The monoisotopic (exact) mass is 254 g/mol. The van der Waals surface area contributed by atoms with Crippen molar-refractivity contribution in [2.24, 2.45) is 0 Å². The Balaban J connectivity index is 2.00. The highest BCUT2D eigenvalue weighted by Crippen LogP contribution is 2.30. The van der Waals surface area contributed by atoms with Gasteiger partial charge in [0, 0.05) is 12.6 Å². The fourth-order valence-electron chi connectivity index (χ4n) is 3.72. The SMILES string of the molecule is CN(C)C1(CO)CCCN(C2CCCCCC2)C1. The molecule has 1 saturated heterocycles. The minimum absolute atomic E-state index is 0.00452. The average Bonchev–Trinajstić information content (AvgIpc) is 2.67. The first kappa shape index (κ1) is 14.3. The van der Waals surface area contributed by atoms with Gasteiger partial charge in [-0.05, 0) is 46.3 Å². The highest BCUT2D eigenvalue weighted by Gasteiger charge is 2.38. The lowest BCUT2D eigenvalue weighted by Gasteiger charge is -2.48. The number of nitrogens with zero attached hydrogens (tertiary/aromatic N) is 2. The van der Waals surface area contributed by atoms with Crippen LogP contribution in [0.15, 0.2) is 0 Å². The van der Waals surface area contributed by atoms with Crippen LogP contribution >= 0.6 is 0 Å². The Morgan fingerprint density at radius 2 is 1.78 bits per heavy atom. The molecule has 1 unspecified atom stereocenters. The molecule has 106 valence electrons. The van der Waals surface area contributed by atoms with E-state index in [1.807, 2.05) is 0 Å². The van der Waals surface area contributed by atoms with Crippen molar-refractivity contribution in [1.82, 2.24) is 9.80 Å². The molecule has 0 radical (unpaired) electrons. The lowest BCUT2D eigenvalue weighted by molar-refractivity contribution is -0.0168. The lowest BCUT2D eigenvalue weighted by Crippen LogP contribution is -2.60. The van der Waals surface area contributed by atoms with Crippen LogP contribution in [0, 0.1) is 0 Å². The van der Waals surface area contributed by atoms with Crippen LogP contribution in [-0.2, 0) is 0 Å². The molecule has 1 heterocycles. The predicted octanol–water partition coefficient (Wildman–Crippen LogP) is 2.10. The Bertz CT molecular complexity index is 249. The van der Waals surface area contributed by atoms with E-state index in [-0.39, 0.29) is 5.54 Å². The number of hydrogen-bond acceptors (Lipinski definition) is 3. The van der Waals surface area contributed by atoms with E-state index in [9.17, 15) is 5.11 Å². The molecule has 2 fully saturated rings. The van der Waals surface area contributed by atoms with Crippen LogP contribution in [0.5, 0.6) is 0 Å².